The lowest BCUT2D eigenvalue weighted by molar-refractivity contribution is -0.0754. The second kappa shape index (κ2) is 1.58. The molecule has 0 spiro atoms. The minimum atomic E-state index is 0.174. The molecule has 2 aliphatic rings. The number of rotatable bonds is 0. The molecule has 0 amide bonds. The maximum atomic E-state index is 5.68. The Morgan fingerprint density at radius 1 is 1.30 bits per heavy atom. The molecule has 2 atom stereocenters. The van der Waals surface area contributed by atoms with Crippen molar-refractivity contribution >= 4 is 0 Å². The van der Waals surface area contributed by atoms with E-state index in [4.69, 9.17) is 4.74 Å². The summed E-state index contributed by atoms with van der Waals surface area (Å²) in [4.78, 5) is 0. The van der Waals surface area contributed by atoms with Crippen molar-refractivity contribution in [3.05, 3.63) is 0 Å². The molecule has 1 heterocycles. The van der Waals surface area contributed by atoms with Crippen molar-refractivity contribution in [2.24, 2.45) is 11.3 Å². The molecule has 0 N–H and O–H groups in total. The van der Waals surface area contributed by atoms with Gasteiger partial charge < -0.3 is 4.74 Å². The van der Waals surface area contributed by atoms with Crippen molar-refractivity contribution in [2.45, 2.75) is 39.2 Å². The fourth-order valence-electron chi connectivity index (χ4n) is 2.42. The van der Waals surface area contributed by atoms with Crippen molar-refractivity contribution in [1.82, 2.24) is 0 Å². The molecule has 2 rings (SSSR count). The standard InChI is InChI=1S/C9H16O/c1-8(2)7-6-9(7,3)4-5-10-8/h7H,4-6H2,1-3H3/t7-,9-/m0/s1. The van der Waals surface area contributed by atoms with Gasteiger partial charge in [0, 0.05) is 6.61 Å². The van der Waals surface area contributed by atoms with Crippen LogP contribution in [0.15, 0.2) is 0 Å². The Kier molecular flexibility index (Phi) is 1.05. The lowest BCUT2D eigenvalue weighted by atomic mass is 9.90. The van der Waals surface area contributed by atoms with E-state index in [0.717, 1.165) is 12.5 Å². The third-order valence-electron chi connectivity index (χ3n) is 3.34. The van der Waals surface area contributed by atoms with E-state index in [1.165, 1.54) is 12.8 Å². The first-order valence-corrected chi connectivity index (χ1v) is 4.19. The molecule has 0 aromatic rings. The molecule has 0 aromatic carbocycles. The topological polar surface area (TPSA) is 9.23 Å². The smallest absolute Gasteiger partial charge is 0.0659 e. The Bertz CT molecular complexity index is 162. The molecular formula is C9H16O. The van der Waals surface area contributed by atoms with Crippen molar-refractivity contribution in [2.75, 3.05) is 6.61 Å². The number of hydrogen-bond acceptors (Lipinski definition) is 1. The molecule has 0 aromatic heterocycles. The molecule has 1 aliphatic heterocycles. The molecule has 1 nitrogen and oxygen atoms in total. The summed E-state index contributed by atoms with van der Waals surface area (Å²) in [5, 5.41) is 0. The zero-order valence-corrected chi connectivity index (χ0v) is 7.11. The largest absolute Gasteiger partial charge is 0.375 e. The van der Waals surface area contributed by atoms with Gasteiger partial charge in [-0.2, -0.15) is 0 Å². The first-order valence-electron chi connectivity index (χ1n) is 4.19. The average molecular weight is 140 g/mol. The van der Waals surface area contributed by atoms with E-state index in [0.29, 0.717) is 5.41 Å². The van der Waals surface area contributed by atoms with Crippen LogP contribution < -0.4 is 0 Å². The second-order valence-corrected chi connectivity index (χ2v) is 4.61. The van der Waals surface area contributed by atoms with E-state index in [9.17, 15) is 0 Å². The van der Waals surface area contributed by atoms with Crippen LogP contribution in [0.3, 0.4) is 0 Å². The van der Waals surface area contributed by atoms with Gasteiger partial charge in [0.15, 0.2) is 0 Å². The van der Waals surface area contributed by atoms with Crippen molar-refractivity contribution < 1.29 is 4.74 Å². The summed E-state index contributed by atoms with van der Waals surface area (Å²) in [6.45, 7) is 7.81. The number of hydrogen-bond donors (Lipinski definition) is 0. The first-order chi connectivity index (χ1) is 4.55. The summed E-state index contributed by atoms with van der Waals surface area (Å²) in [6.07, 6.45) is 2.67. The summed E-state index contributed by atoms with van der Waals surface area (Å²) in [5.41, 5.74) is 0.828. The molecule has 1 heteroatoms. The molecule has 58 valence electrons. The van der Waals surface area contributed by atoms with Crippen molar-refractivity contribution in [1.29, 1.82) is 0 Å². The van der Waals surface area contributed by atoms with Crippen LogP contribution in [0.1, 0.15) is 33.6 Å². The zero-order chi connectivity index (χ0) is 7.41. The third kappa shape index (κ3) is 0.731. The Morgan fingerprint density at radius 3 is 2.50 bits per heavy atom. The lowest BCUT2D eigenvalue weighted by Gasteiger charge is -2.33. The Balaban J connectivity index is 2.16. The van der Waals surface area contributed by atoms with E-state index < -0.39 is 0 Å². The molecular weight excluding hydrogens is 124 g/mol. The fraction of sp³-hybridized carbons (Fsp3) is 1.00. The van der Waals surface area contributed by atoms with Gasteiger partial charge in [0.05, 0.1) is 5.60 Å². The maximum absolute atomic E-state index is 5.68. The second-order valence-electron chi connectivity index (χ2n) is 4.61. The predicted molar refractivity (Wildman–Crippen MR) is 40.9 cm³/mol. The minimum Gasteiger partial charge on any atom is -0.375 e. The van der Waals surface area contributed by atoms with E-state index in [1.54, 1.807) is 0 Å². The van der Waals surface area contributed by atoms with Crippen LogP contribution >= 0.6 is 0 Å². The maximum Gasteiger partial charge on any atom is 0.0659 e. The zero-order valence-electron chi connectivity index (χ0n) is 7.11. The normalized spacial score (nSPS) is 50.1. The van der Waals surface area contributed by atoms with Gasteiger partial charge in [0.2, 0.25) is 0 Å². The fourth-order valence-corrected chi connectivity index (χ4v) is 2.42. The minimum absolute atomic E-state index is 0.174. The SMILES string of the molecule is CC1(C)OCC[C@@]2(C)C[C@@H]12. The summed E-state index contributed by atoms with van der Waals surface area (Å²) in [5.74, 6) is 0.841. The van der Waals surface area contributed by atoms with Gasteiger partial charge in [-0.1, -0.05) is 6.92 Å². The summed E-state index contributed by atoms with van der Waals surface area (Å²) in [7, 11) is 0. The van der Waals surface area contributed by atoms with Crippen molar-refractivity contribution in [3.63, 3.8) is 0 Å². The first kappa shape index (κ1) is 6.66. The van der Waals surface area contributed by atoms with Crippen LogP contribution in [0.25, 0.3) is 0 Å². The van der Waals surface area contributed by atoms with Crippen LogP contribution in [-0.2, 0) is 4.74 Å². The van der Waals surface area contributed by atoms with Gasteiger partial charge in [-0.15, -0.1) is 0 Å². The summed E-state index contributed by atoms with van der Waals surface area (Å²) in [6, 6.07) is 0. The van der Waals surface area contributed by atoms with Crippen LogP contribution in [0.2, 0.25) is 0 Å². The average Bonchev–Trinajstić information content (AvgIpc) is 2.41. The molecule has 2 fully saturated rings. The highest BCUT2D eigenvalue weighted by molar-refractivity contribution is 5.08. The van der Waals surface area contributed by atoms with Crippen LogP contribution in [0.4, 0.5) is 0 Å². The van der Waals surface area contributed by atoms with Crippen LogP contribution in [-0.4, -0.2) is 12.2 Å². The highest BCUT2D eigenvalue weighted by Crippen LogP contribution is 2.63. The van der Waals surface area contributed by atoms with Crippen molar-refractivity contribution in [3.8, 4) is 0 Å². The molecule has 1 aliphatic carbocycles. The highest BCUT2D eigenvalue weighted by Gasteiger charge is 2.59. The molecule has 0 unspecified atom stereocenters. The number of fused-ring (bicyclic) bond motifs is 1. The summed E-state index contributed by atoms with van der Waals surface area (Å²) < 4.78 is 5.68. The van der Waals surface area contributed by atoms with E-state index in [2.05, 4.69) is 20.8 Å². The van der Waals surface area contributed by atoms with Gasteiger partial charge in [0.1, 0.15) is 0 Å². The molecule has 1 saturated carbocycles. The van der Waals surface area contributed by atoms with Crippen LogP contribution in [0.5, 0.6) is 0 Å². The molecule has 10 heavy (non-hydrogen) atoms. The van der Waals surface area contributed by atoms with Crippen LogP contribution in [0, 0.1) is 11.3 Å². The monoisotopic (exact) mass is 140 g/mol. The number of ether oxygens (including phenoxy) is 1. The lowest BCUT2D eigenvalue weighted by Crippen LogP contribution is -2.34. The van der Waals surface area contributed by atoms with Gasteiger partial charge in [0.25, 0.3) is 0 Å². The Morgan fingerprint density at radius 2 is 2.00 bits per heavy atom. The third-order valence-corrected chi connectivity index (χ3v) is 3.34. The van der Waals surface area contributed by atoms with E-state index in [1.807, 2.05) is 0 Å². The molecule has 1 saturated heterocycles. The molecule has 0 bridgehead atoms. The predicted octanol–water partition coefficient (Wildman–Crippen LogP) is 2.21. The quantitative estimate of drug-likeness (QED) is 0.501. The molecule has 0 radical (unpaired) electrons. The van der Waals surface area contributed by atoms with Gasteiger partial charge >= 0.3 is 0 Å². The van der Waals surface area contributed by atoms with Gasteiger partial charge in [-0.25, -0.2) is 0 Å². The van der Waals surface area contributed by atoms with Gasteiger partial charge in [-0.3, -0.25) is 0 Å². The Hall–Kier alpha value is -0.0400. The van der Waals surface area contributed by atoms with E-state index in [-0.39, 0.29) is 5.60 Å². The summed E-state index contributed by atoms with van der Waals surface area (Å²) >= 11 is 0. The Labute approximate surface area is 62.8 Å². The van der Waals surface area contributed by atoms with E-state index >= 15 is 0 Å². The highest BCUT2D eigenvalue weighted by atomic mass is 16.5. The van der Waals surface area contributed by atoms with Gasteiger partial charge in [-0.05, 0) is 38.0 Å².